The van der Waals surface area contributed by atoms with Crippen LogP contribution in [0.15, 0.2) is 35.7 Å². The number of nitrogens with one attached hydrogen (secondary N) is 1. The summed E-state index contributed by atoms with van der Waals surface area (Å²) >= 11 is 1.62. The Hall–Kier alpha value is -2.14. The SMILES string of the molecule is Cc1cc(C)cc(CC(=O)N2CCC2(C)C(=O)NCc2cccs2)c1. The molecule has 1 aliphatic heterocycles. The van der Waals surface area contributed by atoms with Gasteiger partial charge in [-0.05, 0) is 44.2 Å². The van der Waals surface area contributed by atoms with Gasteiger partial charge in [0, 0.05) is 11.4 Å². The molecule has 3 rings (SSSR count). The number of hydrogen-bond donors (Lipinski definition) is 1. The van der Waals surface area contributed by atoms with Gasteiger partial charge in [0.05, 0.1) is 13.0 Å². The second kappa shape index (κ2) is 7.00. The van der Waals surface area contributed by atoms with E-state index in [1.807, 2.05) is 50.4 Å². The van der Waals surface area contributed by atoms with E-state index in [-0.39, 0.29) is 11.8 Å². The third-order valence-corrected chi connectivity index (χ3v) is 5.72. The van der Waals surface area contributed by atoms with Crippen LogP contribution in [-0.4, -0.2) is 28.8 Å². The molecule has 132 valence electrons. The summed E-state index contributed by atoms with van der Waals surface area (Å²) < 4.78 is 0. The fraction of sp³-hybridized carbons (Fsp3) is 0.400. The fourth-order valence-corrected chi connectivity index (χ4v) is 4.05. The Bertz CT molecular complexity index is 765. The second-order valence-electron chi connectivity index (χ2n) is 7.00. The van der Waals surface area contributed by atoms with Crippen LogP contribution in [0.2, 0.25) is 0 Å². The lowest BCUT2D eigenvalue weighted by atomic mass is 9.84. The lowest BCUT2D eigenvalue weighted by Crippen LogP contribution is -2.67. The highest BCUT2D eigenvalue weighted by atomic mass is 32.1. The topological polar surface area (TPSA) is 49.4 Å². The molecule has 1 unspecified atom stereocenters. The van der Waals surface area contributed by atoms with E-state index in [0.717, 1.165) is 21.6 Å². The molecule has 0 saturated carbocycles. The zero-order valence-corrected chi connectivity index (χ0v) is 15.8. The maximum atomic E-state index is 12.7. The van der Waals surface area contributed by atoms with Gasteiger partial charge in [0.25, 0.3) is 0 Å². The largest absolute Gasteiger partial charge is 0.349 e. The summed E-state index contributed by atoms with van der Waals surface area (Å²) in [6, 6.07) is 10.1. The summed E-state index contributed by atoms with van der Waals surface area (Å²) in [7, 11) is 0. The number of aryl methyl sites for hydroxylation is 2. The predicted molar refractivity (Wildman–Crippen MR) is 101 cm³/mol. The van der Waals surface area contributed by atoms with Gasteiger partial charge >= 0.3 is 0 Å². The van der Waals surface area contributed by atoms with E-state index in [2.05, 4.69) is 11.4 Å². The van der Waals surface area contributed by atoms with Gasteiger partial charge in [-0.1, -0.05) is 35.4 Å². The molecule has 1 saturated heterocycles. The lowest BCUT2D eigenvalue weighted by Gasteiger charge is -2.49. The fourth-order valence-electron chi connectivity index (χ4n) is 3.41. The molecule has 0 bridgehead atoms. The van der Waals surface area contributed by atoms with Gasteiger partial charge in [0.15, 0.2) is 0 Å². The molecule has 25 heavy (non-hydrogen) atoms. The van der Waals surface area contributed by atoms with Crippen molar-refractivity contribution in [1.82, 2.24) is 10.2 Å². The summed E-state index contributed by atoms with van der Waals surface area (Å²) in [5.41, 5.74) is 2.59. The number of amides is 2. The molecule has 5 heteroatoms. The molecule has 0 radical (unpaired) electrons. The van der Waals surface area contributed by atoms with E-state index in [4.69, 9.17) is 0 Å². The minimum atomic E-state index is -0.729. The van der Waals surface area contributed by atoms with E-state index >= 15 is 0 Å². The van der Waals surface area contributed by atoms with E-state index < -0.39 is 5.54 Å². The van der Waals surface area contributed by atoms with Crippen LogP contribution in [0.3, 0.4) is 0 Å². The van der Waals surface area contributed by atoms with Crippen molar-refractivity contribution in [3.05, 3.63) is 57.3 Å². The summed E-state index contributed by atoms with van der Waals surface area (Å²) in [6.07, 6.45) is 1.05. The van der Waals surface area contributed by atoms with Gasteiger partial charge in [-0.15, -0.1) is 11.3 Å². The summed E-state index contributed by atoms with van der Waals surface area (Å²) in [5, 5.41) is 4.96. The molecule has 1 aromatic heterocycles. The smallest absolute Gasteiger partial charge is 0.246 e. The van der Waals surface area contributed by atoms with Crippen molar-refractivity contribution >= 4 is 23.2 Å². The summed E-state index contributed by atoms with van der Waals surface area (Å²) in [6.45, 7) is 7.09. The van der Waals surface area contributed by atoms with E-state index in [1.54, 1.807) is 16.2 Å². The first-order valence-corrected chi connectivity index (χ1v) is 9.45. The number of benzene rings is 1. The highest BCUT2D eigenvalue weighted by molar-refractivity contribution is 7.09. The van der Waals surface area contributed by atoms with Crippen LogP contribution < -0.4 is 5.32 Å². The molecule has 1 aliphatic rings. The minimum absolute atomic E-state index is 0.0185. The standard InChI is InChI=1S/C20H24N2O2S/c1-14-9-15(2)11-16(10-14)12-18(23)22-7-6-20(22,3)19(24)21-13-17-5-4-8-25-17/h4-5,8-11H,6-7,12-13H2,1-3H3,(H,21,24). The molecule has 4 nitrogen and oxygen atoms in total. The number of hydrogen-bond acceptors (Lipinski definition) is 3. The maximum absolute atomic E-state index is 12.7. The number of thiophene rings is 1. The molecule has 2 aromatic rings. The van der Waals surface area contributed by atoms with Crippen molar-refractivity contribution in [2.24, 2.45) is 0 Å². The van der Waals surface area contributed by atoms with Gasteiger partial charge in [-0.25, -0.2) is 0 Å². The Morgan fingerprint density at radius 2 is 1.96 bits per heavy atom. The van der Waals surface area contributed by atoms with Gasteiger partial charge in [0.2, 0.25) is 11.8 Å². The number of rotatable bonds is 5. The minimum Gasteiger partial charge on any atom is -0.349 e. The normalized spacial score (nSPS) is 19.4. The quantitative estimate of drug-likeness (QED) is 0.894. The number of carbonyl (C=O) groups excluding carboxylic acids is 2. The first kappa shape index (κ1) is 17.7. The van der Waals surface area contributed by atoms with E-state index in [0.29, 0.717) is 25.9 Å². The Balaban J connectivity index is 1.63. The Morgan fingerprint density at radius 1 is 1.24 bits per heavy atom. The highest BCUT2D eigenvalue weighted by Gasteiger charge is 2.49. The van der Waals surface area contributed by atoms with Gasteiger partial charge in [-0.3, -0.25) is 9.59 Å². The molecule has 1 atom stereocenters. The van der Waals surface area contributed by atoms with Crippen molar-refractivity contribution in [2.75, 3.05) is 6.54 Å². The van der Waals surface area contributed by atoms with E-state index in [9.17, 15) is 9.59 Å². The Kier molecular flexibility index (Phi) is 4.95. The molecule has 2 amide bonds. The number of nitrogens with zero attached hydrogens (tertiary/aromatic N) is 1. The summed E-state index contributed by atoms with van der Waals surface area (Å²) in [4.78, 5) is 28.2. The van der Waals surface area contributed by atoms with Crippen LogP contribution in [0.4, 0.5) is 0 Å². The van der Waals surface area contributed by atoms with Crippen molar-refractivity contribution in [3.63, 3.8) is 0 Å². The third-order valence-electron chi connectivity index (χ3n) is 4.85. The highest BCUT2D eigenvalue weighted by Crippen LogP contribution is 2.31. The average molecular weight is 356 g/mol. The maximum Gasteiger partial charge on any atom is 0.246 e. The van der Waals surface area contributed by atoms with Crippen LogP contribution in [-0.2, 0) is 22.6 Å². The van der Waals surface area contributed by atoms with Crippen LogP contribution in [0.1, 0.15) is 34.9 Å². The van der Waals surface area contributed by atoms with Crippen molar-refractivity contribution in [2.45, 2.75) is 45.7 Å². The van der Waals surface area contributed by atoms with Crippen LogP contribution in [0.5, 0.6) is 0 Å². The predicted octanol–water partition coefficient (Wildman–Crippen LogP) is 3.21. The second-order valence-corrected chi connectivity index (χ2v) is 8.04. The molecular formula is C20H24N2O2S. The number of likely N-dealkylation sites (tertiary alicyclic amines) is 1. The van der Waals surface area contributed by atoms with Crippen molar-refractivity contribution in [1.29, 1.82) is 0 Å². The van der Waals surface area contributed by atoms with Crippen molar-refractivity contribution in [3.8, 4) is 0 Å². The van der Waals surface area contributed by atoms with Crippen molar-refractivity contribution < 1.29 is 9.59 Å². The lowest BCUT2D eigenvalue weighted by molar-refractivity contribution is -0.157. The van der Waals surface area contributed by atoms with E-state index in [1.165, 1.54) is 0 Å². The van der Waals surface area contributed by atoms with Gasteiger partial charge < -0.3 is 10.2 Å². The first-order chi connectivity index (χ1) is 11.9. The average Bonchev–Trinajstić information content (AvgIpc) is 3.02. The molecule has 1 fully saturated rings. The number of carbonyl (C=O) groups is 2. The Morgan fingerprint density at radius 3 is 2.52 bits per heavy atom. The molecule has 2 heterocycles. The van der Waals surface area contributed by atoms with Gasteiger partial charge in [-0.2, -0.15) is 0 Å². The van der Waals surface area contributed by atoms with Crippen LogP contribution in [0.25, 0.3) is 0 Å². The first-order valence-electron chi connectivity index (χ1n) is 8.57. The van der Waals surface area contributed by atoms with Gasteiger partial charge in [0.1, 0.15) is 5.54 Å². The molecule has 0 spiro atoms. The Labute approximate surface area is 152 Å². The summed E-state index contributed by atoms with van der Waals surface area (Å²) in [5.74, 6) is -0.0500. The van der Waals surface area contributed by atoms with Crippen LogP contribution >= 0.6 is 11.3 Å². The zero-order chi connectivity index (χ0) is 18.0. The monoisotopic (exact) mass is 356 g/mol. The molecule has 1 N–H and O–H groups in total. The molecule has 0 aliphatic carbocycles. The molecular weight excluding hydrogens is 332 g/mol. The zero-order valence-electron chi connectivity index (χ0n) is 15.0. The van der Waals surface area contributed by atoms with Crippen LogP contribution in [0, 0.1) is 13.8 Å². The molecule has 1 aromatic carbocycles. The third kappa shape index (κ3) is 3.76.